The normalized spacial score (nSPS) is 12.2. The average Bonchev–Trinajstić information content (AvgIpc) is 2.71. The summed E-state index contributed by atoms with van der Waals surface area (Å²) in [5.41, 5.74) is 4.00. The summed E-state index contributed by atoms with van der Waals surface area (Å²) in [6.07, 6.45) is 7.05. The second-order valence-corrected chi connectivity index (χ2v) is 5.87. The van der Waals surface area contributed by atoms with E-state index in [0.717, 1.165) is 0 Å². The largest absolute Gasteiger partial charge is 0.334 e. The van der Waals surface area contributed by atoms with Gasteiger partial charge in [-0.05, 0) is 23.5 Å². The first-order valence-corrected chi connectivity index (χ1v) is 6.97. The lowest BCUT2D eigenvalue weighted by Gasteiger charge is -2.25. The fourth-order valence-corrected chi connectivity index (χ4v) is 2.66. The minimum atomic E-state index is 0.211. The van der Waals surface area contributed by atoms with E-state index in [1.165, 1.54) is 42.3 Å². The van der Waals surface area contributed by atoms with Gasteiger partial charge in [-0.15, -0.1) is 0 Å². The lowest BCUT2D eigenvalue weighted by atomic mass is 9.79. The van der Waals surface area contributed by atoms with Crippen LogP contribution in [0.5, 0.6) is 0 Å². The zero-order valence-corrected chi connectivity index (χ0v) is 12.0. The van der Waals surface area contributed by atoms with E-state index in [9.17, 15) is 0 Å². The highest BCUT2D eigenvalue weighted by atomic mass is 15.0. The molecule has 2 rings (SSSR count). The SMILES string of the molecule is CCCCCC(C)(C)c1cccc2c1ncn2C. The van der Waals surface area contributed by atoms with Crippen molar-refractivity contribution in [1.82, 2.24) is 9.55 Å². The minimum absolute atomic E-state index is 0.211. The molecule has 1 heterocycles. The van der Waals surface area contributed by atoms with Crippen molar-refractivity contribution >= 4 is 11.0 Å². The summed E-state index contributed by atoms with van der Waals surface area (Å²) in [7, 11) is 2.06. The first-order valence-electron chi connectivity index (χ1n) is 6.97. The molecule has 0 aliphatic heterocycles. The van der Waals surface area contributed by atoms with Gasteiger partial charge in [-0.25, -0.2) is 4.98 Å². The number of imidazole rings is 1. The van der Waals surface area contributed by atoms with Crippen LogP contribution in [-0.2, 0) is 12.5 Å². The van der Waals surface area contributed by atoms with E-state index in [-0.39, 0.29) is 5.41 Å². The van der Waals surface area contributed by atoms with Gasteiger partial charge in [-0.1, -0.05) is 52.2 Å². The van der Waals surface area contributed by atoms with Crippen LogP contribution in [0, 0.1) is 0 Å². The second-order valence-electron chi connectivity index (χ2n) is 5.87. The number of hydrogen-bond donors (Lipinski definition) is 0. The molecule has 0 bridgehead atoms. The Labute approximate surface area is 110 Å². The molecular formula is C16H24N2. The predicted octanol–water partition coefficient (Wildman–Crippen LogP) is 4.43. The number of unbranched alkanes of at least 4 members (excludes halogenated alkanes) is 2. The monoisotopic (exact) mass is 244 g/mol. The van der Waals surface area contributed by atoms with Crippen LogP contribution in [0.25, 0.3) is 11.0 Å². The highest BCUT2D eigenvalue weighted by Crippen LogP contribution is 2.33. The van der Waals surface area contributed by atoms with Crippen LogP contribution in [0.1, 0.15) is 52.0 Å². The van der Waals surface area contributed by atoms with Crippen molar-refractivity contribution in [3.63, 3.8) is 0 Å². The summed E-state index contributed by atoms with van der Waals surface area (Å²) in [5.74, 6) is 0. The Morgan fingerprint density at radius 2 is 2.00 bits per heavy atom. The van der Waals surface area contributed by atoms with E-state index >= 15 is 0 Å². The maximum absolute atomic E-state index is 4.58. The standard InChI is InChI=1S/C16H24N2/c1-5-6-7-11-16(2,3)13-9-8-10-14-15(13)17-12-18(14)4/h8-10,12H,5-7,11H2,1-4H3. The summed E-state index contributed by atoms with van der Waals surface area (Å²) in [6, 6.07) is 6.54. The van der Waals surface area contributed by atoms with Crippen molar-refractivity contribution in [2.24, 2.45) is 7.05 Å². The van der Waals surface area contributed by atoms with Gasteiger partial charge in [-0.2, -0.15) is 0 Å². The molecule has 0 aliphatic rings. The third kappa shape index (κ3) is 2.43. The maximum Gasteiger partial charge on any atom is 0.0955 e. The molecule has 2 nitrogen and oxygen atoms in total. The van der Waals surface area contributed by atoms with Crippen LogP contribution in [0.3, 0.4) is 0 Å². The molecule has 0 N–H and O–H groups in total. The summed E-state index contributed by atoms with van der Waals surface area (Å²) >= 11 is 0. The molecule has 2 heteroatoms. The first kappa shape index (κ1) is 13.1. The van der Waals surface area contributed by atoms with Crippen molar-refractivity contribution in [3.8, 4) is 0 Å². The molecule has 18 heavy (non-hydrogen) atoms. The van der Waals surface area contributed by atoms with Crippen LogP contribution in [0.4, 0.5) is 0 Å². The smallest absolute Gasteiger partial charge is 0.0955 e. The van der Waals surface area contributed by atoms with Crippen molar-refractivity contribution < 1.29 is 0 Å². The van der Waals surface area contributed by atoms with E-state index in [0.29, 0.717) is 0 Å². The van der Waals surface area contributed by atoms with Crippen LogP contribution in [0.2, 0.25) is 0 Å². The molecule has 1 aromatic carbocycles. The fourth-order valence-electron chi connectivity index (χ4n) is 2.66. The molecule has 0 saturated heterocycles. The molecule has 2 aromatic rings. The Hall–Kier alpha value is -1.31. The molecule has 0 atom stereocenters. The van der Waals surface area contributed by atoms with Gasteiger partial charge in [0.25, 0.3) is 0 Å². The number of para-hydroxylation sites is 1. The van der Waals surface area contributed by atoms with Gasteiger partial charge in [0.05, 0.1) is 17.4 Å². The third-order valence-electron chi connectivity index (χ3n) is 3.89. The molecule has 0 aliphatic carbocycles. The molecule has 0 saturated carbocycles. The van der Waals surface area contributed by atoms with Crippen molar-refractivity contribution in [2.45, 2.75) is 51.9 Å². The quantitative estimate of drug-likeness (QED) is 0.711. The molecule has 0 amide bonds. The summed E-state index contributed by atoms with van der Waals surface area (Å²) < 4.78 is 2.10. The minimum Gasteiger partial charge on any atom is -0.334 e. The zero-order chi connectivity index (χ0) is 13.2. The van der Waals surface area contributed by atoms with Gasteiger partial charge in [0.1, 0.15) is 0 Å². The average molecular weight is 244 g/mol. The number of hydrogen-bond acceptors (Lipinski definition) is 1. The summed E-state index contributed by atoms with van der Waals surface area (Å²) in [6.45, 7) is 6.94. The van der Waals surface area contributed by atoms with Crippen LogP contribution in [-0.4, -0.2) is 9.55 Å². The number of rotatable bonds is 5. The Morgan fingerprint density at radius 1 is 1.22 bits per heavy atom. The van der Waals surface area contributed by atoms with E-state index < -0.39 is 0 Å². The van der Waals surface area contributed by atoms with E-state index in [4.69, 9.17) is 0 Å². The number of nitrogens with zero attached hydrogens (tertiary/aromatic N) is 2. The Bertz CT molecular complexity index is 523. The van der Waals surface area contributed by atoms with Gasteiger partial charge in [0.15, 0.2) is 0 Å². The summed E-state index contributed by atoms with van der Waals surface area (Å²) in [5, 5.41) is 0. The maximum atomic E-state index is 4.58. The van der Waals surface area contributed by atoms with Crippen LogP contribution >= 0.6 is 0 Å². The molecule has 1 aromatic heterocycles. The number of benzene rings is 1. The topological polar surface area (TPSA) is 17.8 Å². The molecule has 0 spiro atoms. The Morgan fingerprint density at radius 3 is 2.72 bits per heavy atom. The van der Waals surface area contributed by atoms with E-state index in [1.807, 2.05) is 6.33 Å². The Kier molecular flexibility index (Phi) is 3.74. The second kappa shape index (κ2) is 5.13. The van der Waals surface area contributed by atoms with Crippen LogP contribution < -0.4 is 0 Å². The Balaban J connectivity index is 2.34. The zero-order valence-electron chi connectivity index (χ0n) is 12.0. The van der Waals surface area contributed by atoms with Gasteiger partial charge < -0.3 is 4.57 Å². The molecule has 0 radical (unpaired) electrons. The lowest BCUT2D eigenvalue weighted by molar-refractivity contribution is 0.453. The van der Waals surface area contributed by atoms with Gasteiger partial charge in [-0.3, -0.25) is 0 Å². The van der Waals surface area contributed by atoms with Crippen LogP contribution in [0.15, 0.2) is 24.5 Å². The number of aromatic nitrogens is 2. The van der Waals surface area contributed by atoms with E-state index in [1.54, 1.807) is 0 Å². The van der Waals surface area contributed by atoms with Crippen molar-refractivity contribution in [1.29, 1.82) is 0 Å². The molecule has 98 valence electrons. The van der Waals surface area contributed by atoms with Crippen molar-refractivity contribution in [2.75, 3.05) is 0 Å². The first-order chi connectivity index (χ1) is 8.56. The lowest BCUT2D eigenvalue weighted by Crippen LogP contribution is -2.17. The van der Waals surface area contributed by atoms with Gasteiger partial charge in [0, 0.05) is 7.05 Å². The predicted molar refractivity (Wildman–Crippen MR) is 77.9 cm³/mol. The fraction of sp³-hybridized carbons (Fsp3) is 0.562. The summed E-state index contributed by atoms with van der Waals surface area (Å²) in [4.78, 5) is 4.58. The van der Waals surface area contributed by atoms with Crippen molar-refractivity contribution in [3.05, 3.63) is 30.1 Å². The molecular weight excluding hydrogens is 220 g/mol. The number of aryl methyl sites for hydroxylation is 1. The third-order valence-corrected chi connectivity index (χ3v) is 3.89. The molecule has 0 fully saturated rings. The van der Waals surface area contributed by atoms with Gasteiger partial charge in [0.2, 0.25) is 0 Å². The van der Waals surface area contributed by atoms with E-state index in [2.05, 4.69) is 55.6 Å². The van der Waals surface area contributed by atoms with Gasteiger partial charge >= 0.3 is 0 Å². The highest BCUT2D eigenvalue weighted by Gasteiger charge is 2.23. The molecule has 0 unspecified atom stereocenters. The number of fused-ring (bicyclic) bond motifs is 1. The highest BCUT2D eigenvalue weighted by molar-refractivity contribution is 5.80.